The van der Waals surface area contributed by atoms with Crippen LogP contribution in [-0.2, 0) is 20.9 Å². The van der Waals surface area contributed by atoms with Crippen molar-refractivity contribution in [2.75, 3.05) is 45.9 Å². The molecule has 0 unspecified atom stereocenters. The van der Waals surface area contributed by atoms with Crippen molar-refractivity contribution in [1.29, 1.82) is 0 Å². The summed E-state index contributed by atoms with van der Waals surface area (Å²) in [6.45, 7) is 7.16. The Morgan fingerprint density at radius 1 is 1.03 bits per heavy atom. The molecule has 39 heavy (non-hydrogen) atoms. The predicted octanol–water partition coefficient (Wildman–Crippen LogP) is 4.29. The molecule has 2 saturated heterocycles. The van der Waals surface area contributed by atoms with Gasteiger partial charge in [0.05, 0.1) is 16.7 Å². The molecule has 2 aliphatic rings. The van der Waals surface area contributed by atoms with Crippen LogP contribution >= 0.6 is 23.2 Å². The monoisotopic (exact) mass is 577 g/mol. The number of piperidine rings is 1. The van der Waals surface area contributed by atoms with Crippen molar-refractivity contribution in [3.05, 3.63) is 58.1 Å². The van der Waals surface area contributed by atoms with Crippen molar-refractivity contribution in [3.63, 3.8) is 0 Å². The fourth-order valence-electron chi connectivity index (χ4n) is 4.03. The van der Waals surface area contributed by atoms with E-state index in [-0.39, 0.29) is 12.5 Å². The van der Waals surface area contributed by atoms with E-state index < -0.39 is 5.97 Å². The van der Waals surface area contributed by atoms with Crippen LogP contribution in [-0.4, -0.2) is 68.7 Å². The Morgan fingerprint density at radius 3 is 2.41 bits per heavy atom. The van der Waals surface area contributed by atoms with Crippen LogP contribution in [0, 0.1) is 0 Å². The number of likely N-dealkylation sites (tertiary alicyclic amines) is 1. The summed E-state index contributed by atoms with van der Waals surface area (Å²) in [7, 11) is 0. The van der Waals surface area contributed by atoms with Gasteiger partial charge in [-0.2, -0.15) is 0 Å². The number of halogens is 2. The fraction of sp³-hybridized carbons (Fsp3) is 0.464. The van der Waals surface area contributed by atoms with Gasteiger partial charge in [-0.25, -0.2) is 4.99 Å². The standard InChI is InChI=1S/C19H28N2O4.C9H9Cl2N3/c1-16(22)25-15-19(23)20-9-6-12-24-18-8-5-7-17(13-18)14-21-10-3-2-4-11-21;10-6-2-1-3-7(11)8(6)14-9-12-4-5-13-9/h5,7-8,13H,2-4,6,9-12,14-15H2,1H3,(H,20,23);1-3H,4-5H2,(H2,12,13,14). The van der Waals surface area contributed by atoms with Crippen molar-refractivity contribution in [1.82, 2.24) is 20.9 Å². The topological polar surface area (TPSA) is 104 Å². The second-order valence-electron chi connectivity index (χ2n) is 9.20. The number of amides is 1. The molecule has 2 aliphatic heterocycles. The number of ether oxygens (including phenoxy) is 2. The molecule has 2 aromatic rings. The minimum atomic E-state index is -0.456. The molecule has 11 heteroatoms. The molecule has 0 aliphatic carbocycles. The maximum absolute atomic E-state index is 11.4. The highest BCUT2D eigenvalue weighted by Gasteiger charge is 2.11. The lowest BCUT2D eigenvalue weighted by molar-refractivity contribution is -0.146. The van der Waals surface area contributed by atoms with E-state index in [1.165, 1.54) is 44.8 Å². The van der Waals surface area contributed by atoms with E-state index in [4.69, 9.17) is 27.9 Å². The second kappa shape index (κ2) is 16.8. The first-order chi connectivity index (χ1) is 18.9. The summed E-state index contributed by atoms with van der Waals surface area (Å²) in [5.74, 6) is 0.836. The summed E-state index contributed by atoms with van der Waals surface area (Å²) in [6.07, 6.45) is 4.62. The molecule has 0 bridgehead atoms. The maximum atomic E-state index is 11.4. The number of benzene rings is 2. The lowest BCUT2D eigenvalue weighted by atomic mass is 10.1. The lowest BCUT2D eigenvalue weighted by Crippen LogP contribution is -2.30. The van der Waals surface area contributed by atoms with E-state index >= 15 is 0 Å². The van der Waals surface area contributed by atoms with Gasteiger partial charge >= 0.3 is 5.97 Å². The van der Waals surface area contributed by atoms with Crippen molar-refractivity contribution in [2.24, 2.45) is 4.99 Å². The minimum absolute atomic E-state index is 0.227. The summed E-state index contributed by atoms with van der Waals surface area (Å²) >= 11 is 11.9. The second-order valence-corrected chi connectivity index (χ2v) is 10.0. The van der Waals surface area contributed by atoms with Gasteiger partial charge in [0.15, 0.2) is 12.6 Å². The van der Waals surface area contributed by atoms with E-state index in [0.717, 1.165) is 31.3 Å². The van der Waals surface area contributed by atoms with Gasteiger partial charge in [-0.1, -0.05) is 47.8 Å². The van der Waals surface area contributed by atoms with Gasteiger partial charge in [0.1, 0.15) is 11.4 Å². The average Bonchev–Trinajstić information content (AvgIpc) is 3.44. The first kappa shape index (κ1) is 30.5. The number of nitrogens with one attached hydrogen (secondary N) is 3. The number of guanidine groups is 1. The van der Waals surface area contributed by atoms with Crippen LogP contribution in [0.1, 0.15) is 38.2 Å². The van der Waals surface area contributed by atoms with Gasteiger partial charge in [-0.15, -0.1) is 0 Å². The smallest absolute Gasteiger partial charge is 0.303 e. The molecule has 9 nitrogen and oxygen atoms in total. The molecule has 3 N–H and O–H groups in total. The van der Waals surface area contributed by atoms with Crippen LogP contribution in [0.2, 0.25) is 10.0 Å². The van der Waals surface area contributed by atoms with Gasteiger partial charge < -0.3 is 25.4 Å². The van der Waals surface area contributed by atoms with Crippen LogP contribution in [0.15, 0.2) is 47.5 Å². The molecular weight excluding hydrogens is 541 g/mol. The third-order valence-corrected chi connectivity index (χ3v) is 6.55. The predicted molar refractivity (Wildman–Crippen MR) is 155 cm³/mol. The number of nitrogens with zero attached hydrogens (tertiary/aromatic N) is 2. The Hall–Kier alpha value is -3.01. The SMILES string of the molecule is CC(=O)OCC(=O)NCCCOc1cccc(CN2CCCCC2)c1.Clc1cccc(Cl)c1N=C1NCCN1. The first-order valence-electron chi connectivity index (χ1n) is 13.3. The van der Waals surface area contributed by atoms with Gasteiger partial charge in [0, 0.05) is 33.1 Å². The van der Waals surface area contributed by atoms with E-state index in [2.05, 4.69) is 42.7 Å². The molecule has 2 aromatic carbocycles. The number of carbonyl (C=O) groups is 2. The van der Waals surface area contributed by atoms with Crippen molar-refractivity contribution < 1.29 is 19.1 Å². The van der Waals surface area contributed by atoms with Crippen LogP contribution in [0.5, 0.6) is 5.75 Å². The van der Waals surface area contributed by atoms with Crippen LogP contribution in [0.25, 0.3) is 0 Å². The molecule has 0 saturated carbocycles. The molecule has 2 fully saturated rings. The number of aliphatic imine (C=N–C) groups is 1. The zero-order valence-electron chi connectivity index (χ0n) is 22.3. The molecule has 0 spiro atoms. The number of hydrogen-bond donors (Lipinski definition) is 3. The third kappa shape index (κ3) is 11.7. The minimum Gasteiger partial charge on any atom is -0.494 e. The summed E-state index contributed by atoms with van der Waals surface area (Å²) in [6, 6.07) is 13.5. The summed E-state index contributed by atoms with van der Waals surface area (Å²) in [5, 5.41) is 9.96. The average molecular weight is 579 g/mol. The Balaban J connectivity index is 0.000000252. The summed E-state index contributed by atoms with van der Waals surface area (Å²) < 4.78 is 10.4. The van der Waals surface area contributed by atoms with Gasteiger partial charge in [0.25, 0.3) is 5.91 Å². The highest BCUT2D eigenvalue weighted by molar-refractivity contribution is 6.38. The van der Waals surface area contributed by atoms with Crippen LogP contribution in [0.4, 0.5) is 5.69 Å². The summed E-state index contributed by atoms with van der Waals surface area (Å²) in [5.41, 5.74) is 1.88. The zero-order valence-corrected chi connectivity index (χ0v) is 23.8. The Bertz CT molecular complexity index is 1080. The van der Waals surface area contributed by atoms with Crippen LogP contribution in [0.3, 0.4) is 0 Å². The quantitative estimate of drug-likeness (QED) is 0.286. The number of para-hydroxylation sites is 1. The maximum Gasteiger partial charge on any atom is 0.303 e. The number of hydrogen-bond acceptors (Lipinski definition) is 6. The first-order valence-corrected chi connectivity index (χ1v) is 14.0. The molecular formula is C28H37Cl2N5O4. The van der Waals surface area contributed by atoms with E-state index in [0.29, 0.717) is 35.3 Å². The van der Waals surface area contributed by atoms with E-state index in [9.17, 15) is 9.59 Å². The van der Waals surface area contributed by atoms with Crippen molar-refractivity contribution in [3.8, 4) is 5.75 Å². The Morgan fingerprint density at radius 2 is 1.72 bits per heavy atom. The number of carbonyl (C=O) groups excluding carboxylic acids is 2. The third-order valence-electron chi connectivity index (χ3n) is 5.94. The molecule has 212 valence electrons. The van der Waals surface area contributed by atoms with Gasteiger partial charge in [-0.3, -0.25) is 14.5 Å². The highest BCUT2D eigenvalue weighted by atomic mass is 35.5. The molecule has 0 radical (unpaired) electrons. The largest absolute Gasteiger partial charge is 0.494 e. The Labute approximate surface area is 240 Å². The van der Waals surface area contributed by atoms with Crippen molar-refractivity contribution >= 4 is 46.7 Å². The van der Waals surface area contributed by atoms with E-state index in [1.807, 2.05) is 12.1 Å². The fourth-order valence-corrected chi connectivity index (χ4v) is 4.51. The van der Waals surface area contributed by atoms with Gasteiger partial charge in [0.2, 0.25) is 0 Å². The molecule has 2 heterocycles. The Kier molecular flexibility index (Phi) is 13.2. The lowest BCUT2D eigenvalue weighted by Gasteiger charge is -2.26. The molecule has 4 rings (SSSR count). The molecule has 0 aromatic heterocycles. The molecule has 0 atom stereocenters. The number of esters is 1. The molecule has 1 amide bonds. The zero-order chi connectivity index (χ0) is 27.9. The number of rotatable bonds is 10. The summed E-state index contributed by atoms with van der Waals surface area (Å²) in [4.78, 5) is 28.8. The normalized spacial score (nSPS) is 14.8. The van der Waals surface area contributed by atoms with Gasteiger partial charge in [-0.05, 0) is 62.2 Å². The van der Waals surface area contributed by atoms with Crippen molar-refractivity contribution in [2.45, 2.75) is 39.2 Å². The van der Waals surface area contributed by atoms with Crippen LogP contribution < -0.4 is 20.7 Å². The van der Waals surface area contributed by atoms with E-state index in [1.54, 1.807) is 18.2 Å². The highest BCUT2D eigenvalue weighted by Crippen LogP contribution is 2.32.